The van der Waals surface area contributed by atoms with Gasteiger partial charge >= 0.3 is 0 Å². The highest BCUT2D eigenvalue weighted by Gasteiger charge is 2.27. The van der Waals surface area contributed by atoms with Crippen LogP contribution in [0.2, 0.25) is 0 Å². The van der Waals surface area contributed by atoms with Gasteiger partial charge in [0.1, 0.15) is 0 Å². The molecule has 14 rings (SSSR count). The summed E-state index contributed by atoms with van der Waals surface area (Å²) < 4.78 is 0. The lowest BCUT2D eigenvalue weighted by molar-refractivity contribution is 1.67. The van der Waals surface area contributed by atoms with Crippen molar-refractivity contribution in [1.82, 2.24) is 0 Å². The summed E-state index contributed by atoms with van der Waals surface area (Å²) in [5.74, 6) is 0. The van der Waals surface area contributed by atoms with Crippen LogP contribution in [0.25, 0.3) is 141 Å². The van der Waals surface area contributed by atoms with Crippen LogP contribution < -0.4 is 0 Å². The minimum absolute atomic E-state index is 1.23. The molecule has 0 bridgehead atoms. The fraction of sp³-hybridized carbons (Fsp3) is 0. The minimum atomic E-state index is 1.23. The second kappa shape index (κ2) is 12.7. The predicted molar refractivity (Wildman–Crippen MR) is 268 cm³/mol. The SMILES string of the molecule is c1ccc(-c2c3cc4c5ccccc5c5cccc(c3c(-c3ccccc3)c3c6cccc7c(-c8ccc9cc(-c%10cccc%11ccccc%10%11)ccc9c8)ccc(c23)c76)c54)cc1. The topological polar surface area (TPSA) is 0 Å². The molecule has 0 heteroatoms. The van der Waals surface area contributed by atoms with E-state index in [-0.39, 0.29) is 0 Å². The van der Waals surface area contributed by atoms with Crippen LogP contribution in [0.3, 0.4) is 0 Å². The van der Waals surface area contributed by atoms with Crippen molar-refractivity contribution in [1.29, 1.82) is 0 Å². The van der Waals surface area contributed by atoms with E-state index < -0.39 is 0 Å². The largest absolute Gasteiger partial charge is 0.0622 e. The van der Waals surface area contributed by atoms with Gasteiger partial charge in [-0.25, -0.2) is 0 Å². The summed E-state index contributed by atoms with van der Waals surface area (Å²) in [6.45, 7) is 0. The zero-order chi connectivity index (χ0) is 40.5. The van der Waals surface area contributed by atoms with Gasteiger partial charge in [-0.2, -0.15) is 0 Å². The molecule has 0 aliphatic heterocycles. The van der Waals surface area contributed by atoms with E-state index in [4.69, 9.17) is 0 Å². The highest BCUT2D eigenvalue weighted by atomic mass is 14.3. The summed E-state index contributed by atoms with van der Waals surface area (Å²) in [6.07, 6.45) is 0. The number of hydrogen-bond donors (Lipinski definition) is 0. The second-order valence-electron chi connectivity index (χ2n) is 17.0. The Morgan fingerprint density at radius 1 is 0.177 bits per heavy atom. The molecule has 0 aliphatic carbocycles. The number of rotatable bonds is 4. The highest BCUT2D eigenvalue weighted by Crippen LogP contribution is 2.55. The highest BCUT2D eigenvalue weighted by molar-refractivity contribution is 6.45. The monoisotopic (exact) mass is 780 g/mol. The molecule has 0 N–H and O–H groups in total. The van der Waals surface area contributed by atoms with Gasteiger partial charge in [0.25, 0.3) is 0 Å². The van der Waals surface area contributed by atoms with Gasteiger partial charge in [0.05, 0.1) is 0 Å². The first-order valence-corrected chi connectivity index (χ1v) is 21.7. The van der Waals surface area contributed by atoms with E-state index in [1.54, 1.807) is 0 Å². The van der Waals surface area contributed by atoms with Crippen LogP contribution in [-0.4, -0.2) is 0 Å². The van der Waals surface area contributed by atoms with Crippen LogP contribution in [-0.2, 0) is 0 Å². The molecule has 62 heavy (non-hydrogen) atoms. The molecule has 284 valence electrons. The average molecular weight is 781 g/mol. The maximum absolute atomic E-state index is 2.53. The Bertz CT molecular complexity index is 4110. The summed E-state index contributed by atoms with van der Waals surface area (Å²) in [7, 11) is 0. The molecule has 0 unspecified atom stereocenters. The van der Waals surface area contributed by atoms with Gasteiger partial charge in [0.2, 0.25) is 0 Å². The molecule has 0 aliphatic rings. The van der Waals surface area contributed by atoms with Gasteiger partial charge < -0.3 is 0 Å². The lowest BCUT2D eigenvalue weighted by Crippen LogP contribution is -1.91. The van der Waals surface area contributed by atoms with Crippen LogP contribution >= 0.6 is 0 Å². The first-order chi connectivity index (χ1) is 30.8. The van der Waals surface area contributed by atoms with Crippen molar-refractivity contribution in [3.63, 3.8) is 0 Å². The fourth-order valence-corrected chi connectivity index (χ4v) is 11.3. The zero-order valence-corrected chi connectivity index (χ0v) is 33.8. The van der Waals surface area contributed by atoms with Gasteiger partial charge in [0, 0.05) is 0 Å². The standard InChI is InChI=1S/C62H36/c1-3-15-38(16-4-1)56-55-36-54-48-22-10-9-21-47(48)50-25-13-26-51(59(50)54)60(55)57(39-17-5-2-6-18-39)62-52-27-12-24-49-46(32-33-53(58(49)52)61(56)62)43-31-29-40-34-42(30-28-41(40)35-43)45-23-11-19-37-14-7-8-20-44(37)45/h1-36H. The Hall–Kier alpha value is -8.06. The van der Waals surface area contributed by atoms with Crippen LogP contribution in [0.15, 0.2) is 218 Å². The summed E-state index contributed by atoms with van der Waals surface area (Å²) in [5, 5.41) is 23.5. The molecule has 0 nitrogen and oxygen atoms in total. The molecular formula is C62H36. The zero-order valence-electron chi connectivity index (χ0n) is 33.8. The Kier molecular flexibility index (Phi) is 6.92. The van der Waals surface area contributed by atoms with Crippen molar-refractivity contribution in [3.8, 4) is 44.5 Å². The van der Waals surface area contributed by atoms with Crippen molar-refractivity contribution in [2.75, 3.05) is 0 Å². The van der Waals surface area contributed by atoms with Crippen molar-refractivity contribution in [3.05, 3.63) is 218 Å². The molecule has 14 aromatic rings. The van der Waals surface area contributed by atoms with Gasteiger partial charge in [-0.15, -0.1) is 0 Å². The molecule has 14 aromatic carbocycles. The fourth-order valence-electron chi connectivity index (χ4n) is 11.3. The molecule has 0 fully saturated rings. The Labute approximate surface area is 358 Å². The van der Waals surface area contributed by atoms with Gasteiger partial charge in [-0.05, 0) is 160 Å². The smallest absolute Gasteiger partial charge is 0.000719 e. The Morgan fingerprint density at radius 2 is 0.661 bits per heavy atom. The van der Waals surface area contributed by atoms with Crippen molar-refractivity contribution >= 4 is 97.0 Å². The number of fused-ring (bicyclic) bond motifs is 10. The average Bonchev–Trinajstić information content (AvgIpc) is 3.85. The molecule has 0 saturated carbocycles. The van der Waals surface area contributed by atoms with Gasteiger partial charge in [0.15, 0.2) is 0 Å². The van der Waals surface area contributed by atoms with E-state index in [1.165, 1.54) is 141 Å². The van der Waals surface area contributed by atoms with Gasteiger partial charge in [-0.3, -0.25) is 0 Å². The molecule has 0 amide bonds. The maximum Gasteiger partial charge on any atom is -0.000719 e. The molecule has 0 saturated heterocycles. The van der Waals surface area contributed by atoms with E-state index in [9.17, 15) is 0 Å². The maximum atomic E-state index is 2.53. The summed E-state index contributed by atoms with van der Waals surface area (Å²) in [6, 6.07) is 81.7. The van der Waals surface area contributed by atoms with E-state index >= 15 is 0 Å². The minimum Gasteiger partial charge on any atom is -0.0622 e. The van der Waals surface area contributed by atoms with E-state index in [1.807, 2.05) is 0 Å². The molecule has 0 spiro atoms. The summed E-state index contributed by atoms with van der Waals surface area (Å²) in [5.41, 5.74) is 10.1. The lowest BCUT2D eigenvalue weighted by Gasteiger charge is -2.19. The summed E-state index contributed by atoms with van der Waals surface area (Å²) in [4.78, 5) is 0. The van der Waals surface area contributed by atoms with Crippen LogP contribution in [0.4, 0.5) is 0 Å². The molecular weight excluding hydrogens is 745 g/mol. The third-order valence-corrected chi connectivity index (χ3v) is 13.9. The molecule has 0 atom stereocenters. The number of hydrogen-bond acceptors (Lipinski definition) is 0. The number of benzene rings is 12. The van der Waals surface area contributed by atoms with Crippen molar-refractivity contribution in [2.24, 2.45) is 0 Å². The summed E-state index contributed by atoms with van der Waals surface area (Å²) >= 11 is 0. The normalized spacial score (nSPS) is 12.2. The predicted octanol–water partition coefficient (Wildman–Crippen LogP) is 17.6. The van der Waals surface area contributed by atoms with Crippen LogP contribution in [0.5, 0.6) is 0 Å². The first kappa shape index (κ1) is 33.7. The van der Waals surface area contributed by atoms with E-state index in [0.717, 1.165) is 0 Å². The third-order valence-electron chi connectivity index (χ3n) is 13.9. The Morgan fingerprint density at radius 3 is 1.39 bits per heavy atom. The second-order valence-corrected chi connectivity index (χ2v) is 17.0. The van der Waals surface area contributed by atoms with Crippen molar-refractivity contribution in [2.45, 2.75) is 0 Å². The third kappa shape index (κ3) is 4.61. The van der Waals surface area contributed by atoms with E-state index in [2.05, 4.69) is 218 Å². The Balaban J connectivity index is 1.09. The van der Waals surface area contributed by atoms with Crippen LogP contribution in [0, 0.1) is 0 Å². The lowest BCUT2D eigenvalue weighted by atomic mass is 9.84. The van der Waals surface area contributed by atoms with Crippen LogP contribution in [0.1, 0.15) is 0 Å². The molecule has 0 aromatic heterocycles. The molecule has 0 radical (unpaired) electrons. The van der Waals surface area contributed by atoms with Gasteiger partial charge in [-0.1, -0.05) is 200 Å². The van der Waals surface area contributed by atoms with Crippen molar-refractivity contribution < 1.29 is 0 Å². The quantitative estimate of drug-likeness (QED) is 0.156. The van der Waals surface area contributed by atoms with E-state index in [0.29, 0.717) is 0 Å². The first-order valence-electron chi connectivity index (χ1n) is 21.7. The molecule has 0 heterocycles.